The van der Waals surface area contributed by atoms with Gasteiger partial charge in [-0.3, -0.25) is 9.59 Å². The van der Waals surface area contributed by atoms with Crippen LogP contribution in [0.15, 0.2) is 11.4 Å². The smallest absolute Gasteiger partial charge is 0.356 e. The topological polar surface area (TPSA) is 117 Å². The quantitative estimate of drug-likeness (QED) is 0.0719. The molecule has 1 rings (SSSR count). The van der Waals surface area contributed by atoms with Crippen molar-refractivity contribution in [2.24, 2.45) is 13.0 Å². The number of thioether (sulfide) groups is 1. The molecular formula is C31H54N2O7S. The van der Waals surface area contributed by atoms with Gasteiger partial charge in [0.05, 0.1) is 32.4 Å². The van der Waals surface area contributed by atoms with Crippen LogP contribution in [0, 0.1) is 5.92 Å². The van der Waals surface area contributed by atoms with Gasteiger partial charge in [-0.1, -0.05) is 82.9 Å². The summed E-state index contributed by atoms with van der Waals surface area (Å²) in [6.45, 7) is 7.64. The van der Waals surface area contributed by atoms with E-state index in [0.717, 1.165) is 19.3 Å². The molecule has 41 heavy (non-hydrogen) atoms. The average molecular weight is 599 g/mol. The average Bonchev–Trinajstić information content (AvgIpc) is 3.27. The number of carbonyl (C=O) groups is 3. The van der Waals surface area contributed by atoms with Crippen LogP contribution in [-0.2, 0) is 30.8 Å². The van der Waals surface area contributed by atoms with Gasteiger partial charge in [-0.05, 0) is 40.0 Å². The highest BCUT2D eigenvalue weighted by atomic mass is 32.2. The molecular weight excluding hydrogens is 544 g/mol. The minimum Gasteiger partial charge on any atom is -0.469 e. The number of hydrogen-bond donors (Lipinski definition) is 1. The highest BCUT2D eigenvalue weighted by Crippen LogP contribution is 2.36. The highest BCUT2D eigenvalue weighted by molar-refractivity contribution is 7.99. The number of aromatic nitrogens is 2. The third-order valence-corrected chi connectivity index (χ3v) is 8.46. The monoisotopic (exact) mass is 598 g/mol. The summed E-state index contributed by atoms with van der Waals surface area (Å²) in [4.78, 5) is 41.9. The van der Waals surface area contributed by atoms with Gasteiger partial charge in [-0.2, -0.15) is 0 Å². The number of methoxy groups -OCH3 is 2. The van der Waals surface area contributed by atoms with Crippen LogP contribution in [0.2, 0.25) is 0 Å². The molecule has 0 saturated carbocycles. The third-order valence-electron chi connectivity index (χ3n) is 7.04. The van der Waals surface area contributed by atoms with Crippen molar-refractivity contribution >= 4 is 29.7 Å². The fourth-order valence-corrected chi connectivity index (χ4v) is 6.10. The van der Waals surface area contributed by atoms with Crippen molar-refractivity contribution in [3.63, 3.8) is 0 Å². The Kier molecular flexibility index (Phi) is 18.0. The van der Waals surface area contributed by atoms with E-state index >= 15 is 0 Å². The Morgan fingerprint density at radius 2 is 1.51 bits per heavy atom. The highest BCUT2D eigenvalue weighted by Gasteiger charge is 2.39. The molecule has 0 aliphatic carbocycles. The van der Waals surface area contributed by atoms with Crippen LogP contribution in [0.3, 0.4) is 0 Å². The predicted octanol–water partition coefficient (Wildman–Crippen LogP) is 6.64. The molecule has 0 bridgehead atoms. The lowest BCUT2D eigenvalue weighted by atomic mass is 9.91. The third kappa shape index (κ3) is 14.6. The Labute approximate surface area is 251 Å². The summed E-state index contributed by atoms with van der Waals surface area (Å²) < 4.78 is 17.0. The summed E-state index contributed by atoms with van der Waals surface area (Å²) in [6.07, 6.45) is 13.9. The van der Waals surface area contributed by atoms with Crippen molar-refractivity contribution < 1.29 is 33.7 Å². The van der Waals surface area contributed by atoms with Crippen LogP contribution in [0.1, 0.15) is 128 Å². The summed E-state index contributed by atoms with van der Waals surface area (Å²) in [5.74, 6) is -2.17. The molecule has 3 unspecified atom stereocenters. The molecule has 1 aromatic heterocycles. The maximum atomic E-state index is 13.5. The van der Waals surface area contributed by atoms with Crippen LogP contribution in [0.25, 0.3) is 0 Å². The number of rotatable bonds is 21. The van der Waals surface area contributed by atoms with E-state index in [2.05, 4.69) is 11.9 Å². The lowest BCUT2D eigenvalue weighted by molar-refractivity contribution is -0.164. The summed E-state index contributed by atoms with van der Waals surface area (Å²) in [5.41, 5.74) is -0.447. The van der Waals surface area contributed by atoms with E-state index in [1.165, 1.54) is 77.1 Å². The van der Waals surface area contributed by atoms with Gasteiger partial charge in [0.2, 0.25) is 0 Å². The molecule has 0 amide bonds. The molecule has 10 heteroatoms. The molecule has 1 N–H and O–H groups in total. The van der Waals surface area contributed by atoms with Gasteiger partial charge in [0.1, 0.15) is 11.3 Å². The minimum absolute atomic E-state index is 0.192. The molecule has 9 nitrogen and oxygen atoms in total. The first-order valence-corrected chi connectivity index (χ1v) is 16.1. The van der Waals surface area contributed by atoms with E-state index in [0.29, 0.717) is 24.4 Å². The molecule has 1 aromatic rings. The van der Waals surface area contributed by atoms with Crippen molar-refractivity contribution in [3.05, 3.63) is 11.9 Å². The van der Waals surface area contributed by atoms with E-state index in [1.54, 1.807) is 32.4 Å². The Hall–Kier alpha value is -2.07. The SMILES string of the molecule is CCCCCCCCCCCCC(O)C(C(=O)OC(C)(C)C)C(CCCC(=O)OC)Sc1ncc(C(=O)OC)n1C. The number of unbranched alkanes of at least 4 members (excludes halogenated alkanes) is 9. The molecule has 0 fully saturated rings. The second-order valence-corrected chi connectivity index (χ2v) is 12.9. The zero-order valence-corrected chi connectivity index (χ0v) is 27.2. The number of aliphatic hydroxyl groups is 1. The van der Waals surface area contributed by atoms with Gasteiger partial charge in [0.15, 0.2) is 5.16 Å². The Bertz CT molecular complexity index is 913. The first-order chi connectivity index (χ1) is 19.4. The number of esters is 3. The van der Waals surface area contributed by atoms with Crippen molar-refractivity contribution in [1.82, 2.24) is 9.55 Å². The number of ether oxygens (including phenoxy) is 3. The van der Waals surface area contributed by atoms with Crippen molar-refractivity contribution in [2.45, 2.75) is 140 Å². The number of imidazole rings is 1. The fourth-order valence-electron chi connectivity index (χ4n) is 4.74. The molecule has 236 valence electrons. The lowest BCUT2D eigenvalue weighted by Gasteiger charge is -2.32. The van der Waals surface area contributed by atoms with Crippen LogP contribution in [0.4, 0.5) is 0 Å². The standard InChI is InChI=1S/C31H54N2O7S/c1-8-9-10-11-12-13-14-15-16-17-19-24(34)27(29(37)40-31(2,3)4)25(20-18-21-26(35)38-6)41-30-32-22-23(33(30)5)28(36)39-7/h22,24-25,27,34H,8-21H2,1-7H3. The molecule has 0 saturated heterocycles. The van der Waals surface area contributed by atoms with Crippen molar-refractivity contribution in [2.75, 3.05) is 14.2 Å². The first kappa shape index (κ1) is 37.0. The van der Waals surface area contributed by atoms with Crippen LogP contribution >= 0.6 is 11.8 Å². The van der Waals surface area contributed by atoms with Gasteiger partial charge in [-0.15, -0.1) is 0 Å². The summed E-state index contributed by atoms with van der Waals surface area (Å²) in [7, 11) is 4.35. The number of aliphatic hydroxyl groups excluding tert-OH is 1. The predicted molar refractivity (Wildman–Crippen MR) is 162 cm³/mol. The molecule has 1 heterocycles. The van der Waals surface area contributed by atoms with E-state index in [9.17, 15) is 19.5 Å². The normalized spacial score (nSPS) is 13.9. The fraction of sp³-hybridized carbons (Fsp3) is 0.806. The maximum absolute atomic E-state index is 13.5. The van der Waals surface area contributed by atoms with Crippen LogP contribution < -0.4 is 0 Å². The van der Waals surface area contributed by atoms with Crippen LogP contribution in [0.5, 0.6) is 0 Å². The Morgan fingerprint density at radius 3 is 2.05 bits per heavy atom. The van der Waals surface area contributed by atoms with E-state index in [1.807, 2.05) is 0 Å². The van der Waals surface area contributed by atoms with Crippen molar-refractivity contribution in [3.8, 4) is 0 Å². The molecule has 0 radical (unpaired) electrons. The summed E-state index contributed by atoms with van der Waals surface area (Å²) in [6, 6.07) is 0. The van der Waals surface area contributed by atoms with Gasteiger partial charge in [0, 0.05) is 18.7 Å². The molecule has 0 spiro atoms. The summed E-state index contributed by atoms with van der Waals surface area (Å²) in [5, 5.41) is 11.5. The number of hydrogen-bond acceptors (Lipinski definition) is 9. The molecule has 0 aliphatic heterocycles. The van der Waals surface area contributed by atoms with Crippen LogP contribution in [-0.4, -0.2) is 63.7 Å². The Balaban J connectivity index is 3.00. The molecule has 0 aromatic carbocycles. The Morgan fingerprint density at radius 1 is 0.927 bits per heavy atom. The van der Waals surface area contributed by atoms with Gasteiger partial charge < -0.3 is 23.9 Å². The second kappa shape index (κ2) is 19.9. The zero-order chi connectivity index (χ0) is 30.8. The molecule has 0 aliphatic rings. The van der Waals surface area contributed by atoms with Gasteiger partial charge in [0.25, 0.3) is 0 Å². The maximum Gasteiger partial charge on any atom is 0.356 e. The van der Waals surface area contributed by atoms with Gasteiger partial charge in [-0.25, -0.2) is 9.78 Å². The largest absolute Gasteiger partial charge is 0.469 e. The first-order valence-electron chi connectivity index (χ1n) is 15.2. The second-order valence-electron chi connectivity index (χ2n) is 11.7. The van der Waals surface area contributed by atoms with E-state index in [4.69, 9.17) is 14.2 Å². The minimum atomic E-state index is -0.921. The number of carbonyl (C=O) groups excluding carboxylic acids is 3. The zero-order valence-electron chi connectivity index (χ0n) is 26.4. The summed E-state index contributed by atoms with van der Waals surface area (Å²) >= 11 is 1.30. The van der Waals surface area contributed by atoms with E-state index < -0.39 is 34.8 Å². The molecule has 3 atom stereocenters. The van der Waals surface area contributed by atoms with E-state index in [-0.39, 0.29) is 18.1 Å². The van der Waals surface area contributed by atoms with Crippen molar-refractivity contribution in [1.29, 1.82) is 0 Å². The lowest BCUT2D eigenvalue weighted by Crippen LogP contribution is -2.41. The number of nitrogens with zero attached hydrogens (tertiary/aromatic N) is 2. The van der Waals surface area contributed by atoms with Gasteiger partial charge >= 0.3 is 17.9 Å².